The molecule has 0 saturated heterocycles. The van der Waals surface area contributed by atoms with Crippen molar-refractivity contribution in [1.29, 1.82) is 0 Å². The van der Waals surface area contributed by atoms with E-state index >= 15 is 0 Å². The van der Waals surface area contributed by atoms with Gasteiger partial charge >= 0.3 is 5.97 Å². The summed E-state index contributed by atoms with van der Waals surface area (Å²) in [5.41, 5.74) is 0.147. The van der Waals surface area contributed by atoms with Crippen LogP contribution in [0.25, 0.3) is 0 Å². The lowest BCUT2D eigenvalue weighted by Crippen LogP contribution is -2.47. The molecule has 3 nitrogen and oxygen atoms in total. The SMILES string of the molecule is COC(=O)C1(CN(C)CCC(C)(C)C)CCC1. The van der Waals surface area contributed by atoms with Crippen LogP contribution in [0, 0.1) is 10.8 Å². The third kappa shape index (κ3) is 3.98. The van der Waals surface area contributed by atoms with Gasteiger partial charge in [-0.15, -0.1) is 0 Å². The third-order valence-electron chi connectivity index (χ3n) is 3.75. The molecule has 0 aromatic heterocycles. The molecule has 0 unspecified atom stereocenters. The molecule has 0 amide bonds. The second-order valence-electron chi connectivity index (χ2n) is 6.67. The van der Waals surface area contributed by atoms with Crippen LogP contribution in [0.3, 0.4) is 0 Å². The first-order valence-electron chi connectivity index (χ1n) is 6.56. The molecule has 1 aliphatic carbocycles. The molecule has 100 valence electrons. The molecule has 1 rings (SSSR count). The molecule has 0 bridgehead atoms. The molecule has 0 heterocycles. The van der Waals surface area contributed by atoms with Gasteiger partial charge in [0.2, 0.25) is 0 Å². The van der Waals surface area contributed by atoms with Crippen LogP contribution in [-0.2, 0) is 9.53 Å². The van der Waals surface area contributed by atoms with Gasteiger partial charge in [-0.2, -0.15) is 0 Å². The standard InChI is InChI=1S/C14H27NO2/c1-13(2,3)9-10-15(4)11-14(7-6-8-14)12(16)17-5/h6-11H2,1-5H3. The molecule has 0 aliphatic heterocycles. The van der Waals surface area contributed by atoms with E-state index in [0.717, 1.165) is 38.8 Å². The number of methoxy groups -OCH3 is 1. The fraction of sp³-hybridized carbons (Fsp3) is 0.929. The lowest BCUT2D eigenvalue weighted by molar-refractivity contribution is -0.160. The Balaban J connectivity index is 2.43. The van der Waals surface area contributed by atoms with Crippen molar-refractivity contribution in [2.24, 2.45) is 10.8 Å². The highest BCUT2D eigenvalue weighted by molar-refractivity contribution is 5.78. The zero-order valence-corrected chi connectivity index (χ0v) is 12.0. The molecular formula is C14H27NO2. The fourth-order valence-corrected chi connectivity index (χ4v) is 2.37. The summed E-state index contributed by atoms with van der Waals surface area (Å²) in [5.74, 6) is -0.0219. The van der Waals surface area contributed by atoms with Gasteiger partial charge in [-0.05, 0) is 38.3 Å². The van der Waals surface area contributed by atoms with Crippen molar-refractivity contribution >= 4 is 5.97 Å². The van der Waals surface area contributed by atoms with E-state index in [9.17, 15) is 4.79 Å². The molecule has 0 spiro atoms. The van der Waals surface area contributed by atoms with E-state index in [0.29, 0.717) is 5.41 Å². The van der Waals surface area contributed by atoms with Crippen molar-refractivity contribution in [2.45, 2.75) is 46.5 Å². The molecule has 1 aliphatic rings. The number of hydrogen-bond donors (Lipinski definition) is 0. The molecular weight excluding hydrogens is 214 g/mol. The summed E-state index contributed by atoms with van der Waals surface area (Å²) in [4.78, 5) is 14.1. The minimum Gasteiger partial charge on any atom is -0.469 e. The van der Waals surface area contributed by atoms with E-state index < -0.39 is 0 Å². The Bertz CT molecular complexity index is 264. The predicted molar refractivity (Wildman–Crippen MR) is 69.9 cm³/mol. The predicted octanol–water partition coefficient (Wildman–Crippen LogP) is 2.70. The summed E-state index contributed by atoms with van der Waals surface area (Å²) in [6.45, 7) is 8.64. The topological polar surface area (TPSA) is 29.5 Å². The van der Waals surface area contributed by atoms with Gasteiger partial charge in [0, 0.05) is 6.54 Å². The number of esters is 1. The van der Waals surface area contributed by atoms with Crippen LogP contribution in [0.4, 0.5) is 0 Å². The van der Waals surface area contributed by atoms with Crippen molar-refractivity contribution in [3.05, 3.63) is 0 Å². The lowest BCUT2D eigenvalue weighted by Gasteiger charge is -2.41. The van der Waals surface area contributed by atoms with E-state index in [4.69, 9.17) is 4.74 Å². The van der Waals surface area contributed by atoms with Gasteiger partial charge in [0.25, 0.3) is 0 Å². The van der Waals surface area contributed by atoms with Crippen LogP contribution < -0.4 is 0 Å². The highest BCUT2D eigenvalue weighted by Gasteiger charge is 2.45. The average molecular weight is 241 g/mol. The number of hydrogen-bond acceptors (Lipinski definition) is 3. The Morgan fingerprint density at radius 3 is 2.29 bits per heavy atom. The monoisotopic (exact) mass is 241 g/mol. The van der Waals surface area contributed by atoms with E-state index in [1.165, 1.54) is 7.11 Å². The lowest BCUT2D eigenvalue weighted by atomic mass is 9.68. The number of ether oxygens (including phenoxy) is 1. The Labute approximate surface area is 106 Å². The molecule has 3 heteroatoms. The van der Waals surface area contributed by atoms with Crippen molar-refractivity contribution in [2.75, 3.05) is 27.2 Å². The fourth-order valence-electron chi connectivity index (χ4n) is 2.37. The van der Waals surface area contributed by atoms with Gasteiger partial charge in [0.05, 0.1) is 12.5 Å². The minimum absolute atomic E-state index is 0.0219. The molecule has 1 fully saturated rings. The Hall–Kier alpha value is -0.570. The Kier molecular flexibility index (Phi) is 4.59. The van der Waals surface area contributed by atoms with Crippen LogP contribution in [0.5, 0.6) is 0 Å². The van der Waals surface area contributed by atoms with Gasteiger partial charge in [-0.25, -0.2) is 0 Å². The van der Waals surface area contributed by atoms with Gasteiger partial charge < -0.3 is 9.64 Å². The molecule has 0 N–H and O–H groups in total. The van der Waals surface area contributed by atoms with Gasteiger partial charge in [-0.1, -0.05) is 27.2 Å². The van der Waals surface area contributed by atoms with Gasteiger partial charge in [-0.3, -0.25) is 4.79 Å². The van der Waals surface area contributed by atoms with Gasteiger partial charge in [0.1, 0.15) is 0 Å². The van der Waals surface area contributed by atoms with Crippen molar-refractivity contribution in [1.82, 2.24) is 4.90 Å². The summed E-state index contributed by atoms with van der Waals surface area (Å²) in [6.07, 6.45) is 4.28. The normalized spacial score (nSPS) is 18.9. The zero-order chi connectivity index (χ0) is 13.1. The second kappa shape index (κ2) is 5.38. The van der Waals surface area contributed by atoms with Crippen LogP contribution in [-0.4, -0.2) is 38.1 Å². The maximum absolute atomic E-state index is 11.8. The number of nitrogens with zero attached hydrogens (tertiary/aromatic N) is 1. The maximum Gasteiger partial charge on any atom is 0.313 e. The zero-order valence-electron chi connectivity index (χ0n) is 12.0. The summed E-state index contributed by atoms with van der Waals surface area (Å²) in [5, 5.41) is 0. The first-order chi connectivity index (χ1) is 7.79. The molecule has 0 aromatic rings. The summed E-state index contributed by atoms with van der Waals surface area (Å²) >= 11 is 0. The largest absolute Gasteiger partial charge is 0.469 e. The third-order valence-corrected chi connectivity index (χ3v) is 3.75. The van der Waals surface area contributed by atoms with E-state index in [1.54, 1.807) is 0 Å². The molecule has 1 saturated carbocycles. The van der Waals surface area contributed by atoms with Crippen molar-refractivity contribution < 1.29 is 9.53 Å². The number of rotatable bonds is 5. The maximum atomic E-state index is 11.8. The summed E-state index contributed by atoms with van der Waals surface area (Å²) < 4.78 is 4.94. The van der Waals surface area contributed by atoms with Crippen LogP contribution in [0.2, 0.25) is 0 Å². The minimum atomic E-state index is -0.207. The van der Waals surface area contributed by atoms with E-state index in [2.05, 4.69) is 32.7 Å². The number of carbonyl (C=O) groups is 1. The quantitative estimate of drug-likeness (QED) is 0.693. The second-order valence-corrected chi connectivity index (χ2v) is 6.67. The Morgan fingerprint density at radius 2 is 1.94 bits per heavy atom. The Morgan fingerprint density at radius 1 is 1.35 bits per heavy atom. The number of carbonyl (C=O) groups excluding carboxylic acids is 1. The molecule has 0 aromatic carbocycles. The smallest absolute Gasteiger partial charge is 0.313 e. The molecule has 0 atom stereocenters. The molecule has 17 heavy (non-hydrogen) atoms. The summed E-state index contributed by atoms with van der Waals surface area (Å²) in [6, 6.07) is 0. The van der Waals surface area contributed by atoms with Crippen molar-refractivity contribution in [3.63, 3.8) is 0 Å². The van der Waals surface area contributed by atoms with Crippen molar-refractivity contribution in [3.8, 4) is 0 Å². The highest BCUT2D eigenvalue weighted by Crippen LogP contribution is 2.42. The van der Waals surface area contributed by atoms with Crippen LogP contribution in [0.15, 0.2) is 0 Å². The van der Waals surface area contributed by atoms with E-state index in [1.807, 2.05) is 0 Å². The molecule has 0 radical (unpaired) electrons. The van der Waals surface area contributed by atoms with Crippen LogP contribution >= 0.6 is 0 Å². The summed E-state index contributed by atoms with van der Waals surface area (Å²) in [7, 11) is 3.60. The first-order valence-corrected chi connectivity index (χ1v) is 6.56. The highest BCUT2D eigenvalue weighted by atomic mass is 16.5. The van der Waals surface area contributed by atoms with Crippen LogP contribution in [0.1, 0.15) is 46.5 Å². The average Bonchev–Trinajstić information content (AvgIpc) is 2.18. The van der Waals surface area contributed by atoms with E-state index in [-0.39, 0.29) is 11.4 Å². The van der Waals surface area contributed by atoms with Gasteiger partial charge in [0.15, 0.2) is 0 Å². The first kappa shape index (κ1) is 14.5.